The number of rotatable bonds is 2. The van der Waals surface area contributed by atoms with E-state index in [1.807, 2.05) is 17.9 Å². The van der Waals surface area contributed by atoms with Crippen LogP contribution in [-0.4, -0.2) is 15.3 Å². The predicted molar refractivity (Wildman–Crippen MR) is 47.8 cm³/mol. The van der Waals surface area contributed by atoms with E-state index in [-0.39, 0.29) is 5.54 Å². The van der Waals surface area contributed by atoms with Gasteiger partial charge in [-0.3, -0.25) is 4.68 Å². The third kappa shape index (κ3) is 1.37. The van der Waals surface area contributed by atoms with Gasteiger partial charge in [0.25, 0.3) is 0 Å². The molecule has 2 rings (SSSR count). The maximum absolute atomic E-state index is 6.01. The summed E-state index contributed by atoms with van der Waals surface area (Å²) in [4.78, 5) is 0. The molecular weight excluding hydrogens is 150 g/mol. The summed E-state index contributed by atoms with van der Waals surface area (Å²) in [5.74, 6) is 0. The minimum Gasteiger partial charge on any atom is -0.325 e. The molecule has 66 valence electrons. The van der Waals surface area contributed by atoms with Crippen LogP contribution < -0.4 is 5.73 Å². The van der Waals surface area contributed by atoms with E-state index in [1.165, 1.54) is 5.56 Å². The number of nitrogens with zero attached hydrogens (tertiary/aromatic N) is 2. The second-order valence-electron chi connectivity index (χ2n) is 3.97. The molecule has 2 N–H and O–H groups in total. The summed E-state index contributed by atoms with van der Waals surface area (Å²) >= 11 is 0. The highest BCUT2D eigenvalue weighted by Gasteiger charge is 2.39. The first kappa shape index (κ1) is 7.80. The van der Waals surface area contributed by atoms with Crippen molar-refractivity contribution < 1.29 is 0 Å². The number of aryl methyl sites for hydroxylation is 2. The van der Waals surface area contributed by atoms with Gasteiger partial charge in [0.15, 0.2) is 0 Å². The molecule has 1 aliphatic carbocycles. The van der Waals surface area contributed by atoms with Crippen molar-refractivity contribution in [1.29, 1.82) is 0 Å². The second kappa shape index (κ2) is 2.33. The predicted octanol–water partition coefficient (Wildman–Crippen LogP) is 0.762. The minimum absolute atomic E-state index is 0.0825. The molecule has 0 bridgehead atoms. The quantitative estimate of drug-likeness (QED) is 0.703. The van der Waals surface area contributed by atoms with Gasteiger partial charge in [0, 0.05) is 25.2 Å². The number of hydrogen-bond acceptors (Lipinski definition) is 2. The van der Waals surface area contributed by atoms with Crippen LogP contribution in [0.25, 0.3) is 0 Å². The van der Waals surface area contributed by atoms with Crippen LogP contribution in [0.2, 0.25) is 0 Å². The van der Waals surface area contributed by atoms with E-state index in [0.717, 1.165) is 25.0 Å². The van der Waals surface area contributed by atoms with Crippen LogP contribution in [-0.2, 0) is 13.5 Å². The molecule has 0 atom stereocenters. The molecule has 0 unspecified atom stereocenters. The van der Waals surface area contributed by atoms with Gasteiger partial charge >= 0.3 is 0 Å². The Kier molecular flexibility index (Phi) is 1.51. The van der Waals surface area contributed by atoms with E-state index < -0.39 is 0 Å². The molecule has 0 aromatic carbocycles. The van der Waals surface area contributed by atoms with Gasteiger partial charge in [-0.15, -0.1) is 0 Å². The van der Waals surface area contributed by atoms with Gasteiger partial charge in [-0.2, -0.15) is 5.10 Å². The Morgan fingerprint density at radius 2 is 2.33 bits per heavy atom. The van der Waals surface area contributed by atoms with Crippen LogP contribution >= 0.6 is 0 Å². The highest BCUT2D eigenvalue weighted by atomic mass is 15.3. The van der Waals surface area contributed by atoms with Crippen LogP contribution in [0.4, 0.5) is 0 Å². The lowest BCUT2D eigenvalue weighted by Gasteiger charge is -2.05. The van der Waals surface area contributed by atoms with Crippen LogP contribution in [0.1, 0.15) is 24.1 Å². The highest BCUT2D eigenvalue weighted by Crippen LogP contribution is 2.35. The Hall–Kier alpha value is -0.830. The topological polar surface area (TPSA) is 43.8 Å². The summed E-state index contributed by atoms with van der Waals surface area (Å²) in [6.45, 7) is 2.09. The van der Waals surface area contributed by atoms with E-state index in [4.69, 9.17) is 5.73 Å². The third-order valence-electron chi connectivity index (χ3n) is 2.53. The average Bonchev–Trinajstić information content (AvgIpc) is 2.58. The molecule has 1 aliphatic rings. The molecule has 1 aromatic heterocycles. The van der Waals surface area contributed by atoms with E-state index in [9.17, 15) is 0 Å². The summed E-state index contributed by atoms with van der Waals surface area (Å²) < 4.78 is 1.86. The van der Waals surface area contributed by atoms with Crippen LogP contribution in [0.5, 0.6) is 0 Å². The van der Waals surface area contributed by atoms with Gasteiger partial charge in [0.1, 0.15) is 0 Å². The summed E-state index contributed by atoms with van der Waals surface area (Å²) in [6, 6.07) is 0. The van der Waals surface area contributed by atoms with Crippen molar-refractivity contribution >= 4 is 0 Å². The molecule has 1 saturated carbocycles. The van der Waals surface area contributed by atoms with Crippen LogP contribution in [0.15, 0.2) is 6.20 Å². The van der Waals surface area contributed by atoms with Gasteiger partial charge in [-0.05, 0) is 25.3 Å². The minimum atomic E-state index is 0.0825. The van der Waals surface area contributed by atoms with Crippen molar-refractivity contribution in [1.82, 2.24) is 9.78 Å². The standard InChI is InChI=1S/C9H15N3/c1-7-6-12(2)11-8(7)5-9(10)3-4-9/h6H,3-5,10H2,1-2H3. The Morgan fingerprint density at radius 1 is 1.67 bits per heavy atom. The van der Waals surface area contributed by atoms with E-state index in [0.29, 0.717) is 0 Å². The largest absolute Gasteiger partial charge is 0.325 e. The van der Waals surface area contributed by atoms with Crippen LogP contribution in [0, 0.1) is 6.92 Å². The smallest absolute Gasteiger partial charge is 0.0671 e. The molecule has 1 aromatic rings. The Labute approximate surface area is 72.6 Å². The van der Waals surface area contributed by atoms with E-state index in [1.54, 1.807) is 0 Å². The molecule has 1 heterocycles. The molecule has 0 aliphatic heterocycles. The van der Waals surface area contributed by atoms with Gasteiger partial charge in [0.2, 0.25) is 0 Å². The van der Waals surface area contributed by atoms with Crippen LogP contribution in [0.3, 0.4) is 0 Å². The zero-order valence-corrected chi connectivity index (χ0v) is 7.67. The number of nitrogens with two attached hydrogens (primary N) is 1. The van der Waals surface area contributed by atoms with Crippen molar-refractivity contribution in [2.45, 2.75) is 31.7 Å². The molecule has 12 heavy (non-hydrogen) atoms. The maximum atomic E-state index is 6.01. The van der Waals surface area contributed by atoms with Crippen molar-refractivity contribution in [2.24, 2.45) is 12.8 Å². The lowest BCUT2D eigenvalue weighted by molar-refractivity contribution is 0.639. The summed E-state index contributed by atoms with van der Waals surface area (Å²) in [5.41, 5.74) is 8.51. The molecule has 0 saturated heterocycles. The van der Waals surface area contributed by atoms with E-state index in [2.05, 4.69) is 12.0 Å². The lowest BCUT2D eigenvalue weighted by Crippen LogP contribution is -2.25. The van der Waals surface area contributed by atoms with Gasteiger partial charge < -0.3 is 5.73 Å². The average molecular weight is 165 g/mol. The summed E-state index contributed by atoms with van der Waals surface area (Å²) in [5, 5.41) is 4.37. The zero-order chi connectivity index (χ0) is 8.77. The zero-order valence-electron chi connectivity index (χ0n) is 7.67. The first-order valence-corrected chi connectivity index (χ1v) is 4.37. The monoisotopic (exact) mass is 165 g/mol. The first-order chi connectivity index (χ1) is 5.59. The van der Waals surface area contributed by atoms with Crippen molar-refractivity contribution in [3.63, 3.8) is 0 Å². The molecule has 0 spiro atoms. The third-order valence-corrected chi connectivity index (χ3v) is 2.53. The molecule has 1 fully saturated rings. The first-order valence-electron chi connectivity index (χ1n) is 4.37. The SMILES string of the molecule is Cc1cn(C)nc1CC1(N)CC1. The summed E-state index contributed by atoms with van der Waals surface area (Å²) in [6.07, 6.45) is 5.30. The molecular formula is C9H15N3. The molecule has 3 nitrogen and oxygen atoms in total. The Bertz CT molecular complexity index is 297. The fourth-order valence-electron chi connectivity index (χ4n) is 1.50. The maximum Gasteiger partial charge on any atom is 0.0671 e. The second-order valence-corrected chi connectivity index (χ2v) is 3.97. The fourth-order valence-corrected chi connectivity index (χ4v) is 1.50. The van der Waals surface area contributed by atoms with Gasteiger partial charge in [0.05, 0.1) is 5.69 Å². The fraction of sp³-hybridized carbons (Fsp3) is 0.667. The normalized spacial score (nSPS) is 19.6. The van der Waals surface area contributed by atoms with E-state index >= 15 is 0 Å². The van der Waals surface area contributed by atoms with Crippen molar-refractivity contribution in [3.8, 4) is 0 Å². The Morgan fingerprint density at radius 3 is 2.75 bits per heavy atom. The lowest BCUT2D eigenvalue weighted by atomic mass is 10.1. The summed E-state index contributed by atoms with van der Waals surface area (Å²) in [7, 11) is 1.95. The highest BCUT2D eigenvalue weighted by molar-refractivity contribution is 5.20. The molecule has 3 heteroatoms. The van der Waals surface area contributed by atoms with Gasteiger partial charge in [-0.1, -0.05) is 0 Å². The van der Waals surface area contributed by atoms with Gasteiger partial charge in [-0.25, -0.2) is 0 Å². The molecule has 0 amide bonds. The number of aromatic nitrogens is 2. The number of hydrogen-bond donors (Lipinski definition) is 1. The van der Waals surface area contributed by atoms with Crippen molar-refractivity contribution in [2.75, 3.05) is 0 Å². The molecule has 0 radical (unpaired) electrons. The van der Waals surface area contributed by atoms with Crippen molar-refractivity contribution in [3.05, 3.63) is 17.5 Å². The Balaban J connectivity index is 2.17.